The number of guanidine groups is 1. The summed E-state index contributed by atoms with van der Waals surface area (Å²) in [5.74, 6) is 2.00. The van der Waals surface area contributed by atoms with E-state index < -0.39 is 22.7 Å². The summed E-state index contributed by atoms with van der Waals surface area (Å²) in [4.78, 5) is 17.8. The maximum Gasteiger partial charge on any atom is 0.418 e. The number of nitrogens with two attached hydrogens (primary N) is 1. The molecule has 13 heteroatoms. The molecular weight excluding hydrogens is 362 g/mol. The van der Waals surface area contributed by atoms with Crippen LogP contribution in [0.1, 0.15) is 6.92 Å². The summed E-state index contributed by atoms with van der Waals surface area (Å²) >= 11 is 1.80. The Morgan fingerprint density at radius 3 is 2.79 bits per heavy atom. The molecule has 1 saturated heterocycles. The average Bonchev–Trinajstić information content (AvgIpc) is 2.50. The van der Waals surface area contributed by atoms with Crippen molar-refractivity contribution in [2.24, 2.45) is 10.7 Å². The summed E-state index contributed by atoms with van der Waals surface area (Å²) in [5.41, 5.74) is 5.87. The van der Waals surface area contributed by atoms with E-state index >= 15 is 0 Å². The largest absolute Gasteiger partial charge is 0.450 e. The number of alkyl carbamates (subject to hydrolysis) is 1. The van der Waals surface area contributed by atoms with Crippen molar-refractivity contribution < 1.29 is 26.8 Å². The lowest BCUT2D eigenvalue weighted by Crippen LogP contribution is -2.55. The van der Waals surface area contributed by atoms with Gasteiger partial charge in [0.2, 0.25) is 5.96 Å². The molecule has 0 aliphatic carbocycles. The second-order valence-corrected chi connectivity index (χ2v) is 6.95. The molecule has 1 atom stereocenters. The molecular formula is C11H19N5O6S2. The Morgan fingerprint density at radius 1 is 1.54 bits per heavy atom. The van der Waals surface area contributed by atoms with Crippen molar-refractivity contribution in [3.63, 3.8) is 0 Å². The van der Waals surface area contributed by atoms with Crippen molar-refractivity contribution in [3.05, 3.63) is 11.9 Å². The smallest absolute Gasteiger partial charge is 0.418 e. The number of rotatable bonds is 4. The van der Waals surface area contributed by atoms with Gasteiger partial charge in [-0.1, -0.05) is 0 Å². The average molecular weight is 381 g/mol. The van der Waals surface area contributed by atoms with Crippen molar-refractivity contribution in [2.45, 2.75) is 13.1 Å². The third kappa shape index (κ3) is 5.24. The minimum Gasteiger partial charge on any atom is -0.450 e. The molecule has 1 fully saturated rings. The molecule has 0 spiro atoms. The Morgan fingerprint density at radius 2 is 2.21 bits per heavy atom. The molecule has 0 aromatic rings. The van der Waals surface area contributed by atoms with E-state index in [1.807, 2.05) is 4.90 Å². The van der Waals surface area contributed by atoms with E-state index in [2.05, 4.69) is 14.6 Å². The van der Waals surface area contributed by atoms with E-state index in [0.717, 1.165) is 24.6 Å². The number of thioether (sulfide) groups is 1. The predicted molar refractivity (Wildman–Crippen MR) is 87.0 cm³/mol. The number of carbonyl (C=O) groups is 1. The van der Waals surface area contributed by atoms with E-state index in [0.29, 0.717) is 10.9 Å². The van der Waals surface area contributed by atoms with Crippen molar-refractivity contribution in [2.75, 3.05) is 31.2 Å². The number of nitrogens with zero attached hydrogens (tertiary/aromatic N) is 3. The Balaban J connectivity index is 2.24. The Labute approximate surface area is 143 Å². The van der Waals surface area contributed by atoms with Gasteiger partial charge in [-0.05, 0) is 13.0 Å². The predicted octanol–water partition coefficient (Wildman–Crippen LogP) is -0.686. The van der Waals surface area contributed by atoms with E-state index in [1.54, 1.807) is 18.7 Å². The lowest BCUT2D eigenvalue weighted by molar-refractivity contribution is -0.0158. The second kappa shape index (κ2) is 8.02. The summed E-state index contributed by atoms with van der Waals surface area (Å²) in [6, 6.07) is 0. The van der Waals surface area contributed by atoms with Gasteiger partial charge >= 0.3 is 16.5 Å². The van der Waals surface area contributed by atoms with Crippen LogP contribution in [0.15, 0.2) is 16.9 Å². The lowest BCUT2D eigenvalue weighted by atomic mass is 10.3. The topological polar surface area (TPSA) is 147 Å². The third-order valence-corrected chi connectivity index (χ3v) is 4.31. The maximum absolute atomic E-state index is 11.6. The number of carbonyl (C=O) groups excluding carboxylic acids is 1. The van der Waals surface area contributed by atoms with Gasteiger partial charge in [-0.25, -0.2) is 4.79 Å². The molecule has 0 saturated carbocycles. The van der Waals surface area contributed by atoms with Crippen LogP contribution >= 0.6 is 11.8 Å². The van der Waals surface area contributed by atoms with Gasteiger partial charge in [0.25, 0.3) is 0 Å². The molecule has 2 heterocycles. The fourth-order valence-corrected chi connectivity index (χ4v) is 3.33. The minimum atomic E-state index is -4.85. The first-order valence-electron chi connectivity index (χ1n) is 7.09. The van der Waals surface area contributed by atoms with Gasteiger partial charge in [0.1, 0.15) is 12.0 Å². The Kier molecular flexibility index (Phi) is 6.28. The highest BCUT2D eigenvalue weighted by molar-refractivity contribution is 7.99. The molecule has 1 unspecified atom stereocenters. The van der Waals surface area contributed by atoms with Crippen LogP contribution in [-0.2, 0) is 19.4 Å². The summed E-state index contributed by atoms with van der Waals surface area (Å²) in [7, 11) is -4.85. The van der Waals surface area contributed by atoms with E-state index in [9.17, 15) is 13.2 Å². The fraction of sp³-hybridized carbons (Fsp3) is 0.636. The number of nitrogens with one attached hydrogen (secondary N) is 1. The van der Waals surface area contributed by atoms with Crippen LogP contribution in [-0.4, -0.2) is 72.4 Å². The third-order valence-electron chi connectivity index (χ3n) is 3.02. The Bertz CT molecular complexity index is 631. The van der Waals surface area contributed by atoms with Crippen LogP contribution in [0.25, 0.3) is 0 Å². The molecule has 0 bridgehead atoms. The number of ether oxygens (including phenoxy) is 1. The lowest BCUT2D eigenvalue weighted by Gasteiger charge is -2.35. The van der Waals surface area contributed by atoms with Gasteiger partial charge in [0.15, 0.2) is 0 Å². The van der Waals surface area contributed by atoms with Crippen LogP contribution in [0.4, 0.5) is 4.79 Å². The molecule has 2 aliphatic heterocycles. The van der Waals surface area contributed by atoms with Crippen molar-refractivity contribution in [1.82, 2.24) is 15.3 Å². The molecule has 4 N–H and O–H groups in total. The number of aliphatic imine (C=N–C) groups is 1. The number of hydrogen-bond acceptors (Lipinski definition) is 10. The van der Waals surface area contributed by atoms with Crippen LogP contribution in [0.5, 0.6) is 0 Å². The molecule has 2 rings (SSSR count). The molecule has 2 aliphatic rings. The van der Waals surface area contributed by atoms with E-state index in [-0.39, 0.29) is 12.6 Å². The highest BCUT2D eigenvalue weighted by Gasteiger charge is 2.31. The number of hydroxylamine groups is 2. The molecule has 1 amide bonds. The first-order valence-corrected chi connectivity index (χ1v) is 9.61. The molecule has 24 heavy (non-hydrogen) atoms. The number of hydrogen-bond donors (Lipinski definition) is 3. The van der Waals surface area contributed by atoms with Gasteiger partial charge in [-0.3, -0.25) is 9.87 Å². The number of amides is 1. The van der Waals surface area contributed by atoms with Crippen molar-refractivity contribution in [1.29, 1.82) is 0 Å². The fourth-order valence-electron chi connectivity index (χ4n) is 2.05. The normalized spacial score (nSPS) is 21.9. The second-order valence-electron chi connectivity index (χ2n) is 4.72. The zero-order chi connectivity index (χ0) is 17.7. The quantitative estimate of drug-likeness (QED) is 0.535. The van der Waals surface area contributed by atoms with Gasteiger partial charge in [0, 0.05) is 24.6 Å². The molecule has 0 aromatic carbocycles. The molecule has 0 radical (unpaired) electrons. The SMILES string of the molecule is CCOC(=O)NC1=NC(N2CCSCC2)=CC(N)N1OS(=O)(=O)O. The minimum absolute atomic E-state index is 0.108. The molecule has 0 aromatic heterocycles. The summed E-state index contributed by atoms with van der Waals surface area (Å²) in [5, 5.41) is 2.83. The first kappa shape index (κ1) is 18.8. The Hall–Kier alpha value is -1.54. The zero-order valence-corrected chi connectivity index (χ0v) is 14.5. The van der Waals surface area contributed by atoms with E-state index in [4.69, 9.17) is 15.0 Å². The molecule has 11 nitrogen and oxygen atoms in total. The maximum atomic E-state index is 11.6. The van der Waals surface area contributed by atoms with Gasteiger partial charge in [-0.15, -0.1) is 4.28 Å². The monoisotopic (exact) mass is 381 g/mol. The summed E-state index contributed by atoms with van der Waals surface area (Å²) in [6.07, 6.45) is -0.480. The van der Waals surface area contributed by atoms with Crippen LogP contribution < -0.4 is 11.1 Å². The van der Waals surface area contributed by atoms with Crippen molar-refractivity contribution >= 4 is 34.2 Å². The van der Waals surface area contributed by atoms with Crippen molar-refractivity contribution in [3.8, 4) is 0 Å². The van der Waals surface area contributed by atoms with Gasteiger partial charge in [-0.2, -0.15) is 30.2 Å². The van der Waals surface area contributed by atoms with Crippen LogP contribution in [0.2, 0.25) is 0 Å². The first-order chi connectivity index (χ1) is 11.3. The van der Waals surface area contributed by atoms with Crippen LogP contribution in [0, 0.1) is 0 Å². The van der Waals surface area contributed by atoms with E-state index in [1.165, 1.54) is 6.08 Å². The standard InChI is InChI=1S/C11H19N5O6S2/c1-2-21-11(17)14-10-13-9(15-3-5-23-6-4-15)7-8(12)16(10)22-24(18,19)20/h7-8H,2-6,12H2,1H3,(H,13,14,17)(H,18,19,20). The highest BCUT2D eigenvalue weighted by atomic mass is 32.3. The van der Waals surface area contributed by atoms with Crippen LogP contribution in [0.3, 0.4) is 0 Å². The summed E-state index contributed by atoms with van der Waals surface area (Å²) in [6.45, 7) is 3.19. The molecule has 136 valence electrons. The van der Waals surface area contributed by atoms with Gasteiger partial charge in [0.05, 0.1) is 6.61 Å². The highest BCUT2D eigenvalue weighted by Crippen LogP contribution is 2.20. The zero-order valence-electron chi connectivity index (χ0n) is 12.9. The summed E-state index contributed by atoms with van der Waals surface area (Å²) < 4.78 is 40.0. The van der Waals surface area contributed by atoms with Gasteiger partial charge < -0.3 is 15.4 Å².